The summed E-state index contributed by atoms with van der Waals surface area (Å²) in [4.78, 5) is 12.2. The normalized spacial score (nSPS) is 16.9. The van der Waals surface area contributed by atoms with Gasteiger partial charge < -0.3 is 15.8 Å². The number of rotatable bonds is 3. The van der Waals surface area contributed by atoms with Gasteiger partial charge in [-0.05, 0) is 31.0 Å². The zero-order valence-corrected chi connectivity index (χ0v) is 13.0. The molecule has 1 aromatic carbocycles. The van der Waals surface area contributed by atoms with E-state index in [1.807, 2.05) is 0 Å². The summed E-state index contributed by atoms with van der Waals surface area (Å²) >= 11 is 6.03. The molecule has 0 atom stereocenters. The van der Waals surface area contributed by atoms with Crippen LogP contribution in [0.5, 0.6) is 5.75 Å². The molecule has 1 aromatic rings. The Kier molecular flexibility index (Phi) is 6.11. The fourth-order valence-electron chi connectivity index (χ4n) is 2.41. The highest BCUT2D eigenvalue weighted by molar-refractivity contribution is 6.32. The highest BCUT2D eigenvalue weighted by Gasteiger charge is 2.35. The number of nitrogens with one attached hydrogen (secondary N) is 1. The summed E-state index contributed by atoms with van der Waals surface area (Å²) in [6, 6.07) is 5.15. The molecule has 1 fully saturated rings. The van der Waals surface area contributed by atoms with Gasteiger partial charge in [-0.25, -0.2) is 0 Å². The monoisotopic (exact) mass is 318 g/mol. The van der Waals surface area contributed by atoms with Crippen LogP contribution in [-0.4, -0.2) is 18.6 Å². The van der Waals surface area contributed by atoms with Crippen molar-refractivity contribution in [2.45, 2.75) is 37.6 Å². The van der Waals surface area contributed by atoms with Crippen molar-refractivity contribution in [3.8, 4) is 5.75 Å². The Morgan fingerprint density at radius 3 is 2.55 bits per heavy atom. The van der Waals surface area contributed by atoms with Gasteiger partial charge in [0.05, 0.1) is 17.7 Å². The number of hydrogen-bond acceptors (Lipinski definition) is 3. The number of ether oxygens (including phenoxy) is 1. The molecule has 0 radical (unpaired) electrons. The number of benzene rings is 1. The minimum Gasteiger partial charge on any atom is -0.495 e. The van der Waals surface area contributed by atoms with E-state index in [4.69, 9.17) is 22.1 Å². The summed E-state index contributed by atoms with van der Waals surface area (Å²) in [6.45, 7) is 0. The topological polar surface area (TPSA) is 64.3 Å². The van der Waals surface area contributed by atoms with Gasteiger partial charge >= 0.3 is 0 Å². The SMILES string of the molecule is COc1ccc(NC(=O)C2(N)CCCCC2)cc1Cl.Cl. The fourth-order valence-corrected chi connectivity index (χ4v) is 2.67. The lowest BCUT2D eigenvalue weighted by Crippen LogP contribution is -2.52. The van der Waals surface area contributed by atoms with Crippen LogP contribution in [0.1, 0.15) is 32.1 Å². The van der Waals surface area contributed by atoms with E-state index in [1.165, 1.54) is 0 Å². The molecule has 2 rings (SSSR count). The first kappa shape index (κ1) is 17.1. The molecule has 0 spiro atoms. The maximum absolute atomic E-state index is 12.2. The maximum Gasteiger partial charge on any atom is 0.244 e. The van der Waals surface area contributed by atoms with Crippen LogP contribution in [0.15, 0.2) is 18.2 Å². The number of carbonyl (C=O) groups excluding carboxylic acids is 1. The molecule has 1 aliphatic rings. The van der Waals surface area contributed by atoms with Crippen LogP contribution in [0.25, 0.3) is 0 Å². The zero-order valence-electron chi connectivity index (χ0n) is 11.4. The number of anilines is 1. The van der Waals surface area contributed by atoms with Gasteiger partial charge in [-0.3, -0.25) is 4.79 Å². The molecular formula is C14H20Cl2N2O2. The van der Waals surface area contributed by atoms with E-state index in [0.717, 1.165) is 32.1 Å². The van der Waals surface area contributed by atoms with Crippen molar-refractivity contribution in [2.24, 2.45) is 5.73 Å². The van der Waals surface area contributed by atoms with Crippen molar-refractivity contribution in [1.82, 2.24) is 0 Å². The summed E-state index contributed by atoms with van der Waals surface area (Å²) in [7, 11) is 1.55. The van der Waals surface area contributed by atoms with E-state index < -0.39 is 5.54 Å². The number of amides is 1. The third-order valence-corrected chi connectivity index (χ3v) is 3.90. The van der Waals surface area contributed by atoms with E-state index in [0.29, 0.717) is 16.5 Å². The third-order valence-electron chi connectivity index (χ3n) is 3.61. The first-order valence-electron chi connectivity index (χ1n) is 6.49. The van der Waals surface area contributed by atoms with E-state index in [2.05, 4.69) is 5.32 Å². The number of halogens is 2. The molecule has 4 nitrogen and oxygen atoms in total. The average Bonchev–Trinajstić information content (AvgIpc) is 2.40. The Bertz CT molecular complexity index is 474. The van der Waals surface area contributed by atoms with Crippen molar-refractivity contribution >= 4 is 35.6 Å². The highest BCUT2D eigenvalue weighted by atomic mass is 35.5. The Morgan fingerprint density at radius 1 is 1.35 bits per heavy atom. The lowest BCUT2D eigenvalue weighted by molar-refractivity contribution is -0.122. The molecule has 0 saturated heterocycles. The molecular weight excluding hydrogens is 299 g/mol. The minimum absolute atomic E-state index is 0. The molecule has 0 bridgehead atoms. The number of nitrogens with two attached hydrogens (primary N) is 1. The Labute approximate surface area is 130 Å². The van der Waals surface area contributed by atoms with Crippen LogP contribution in [-0.2, 0) is 4.79 Å². The molecule has 1 saturated carbocycles. The van der Waals surface area contributed by atoms with Crippen LogP contribution in [0, 0.1) is 0 Å². The second kappa shape index (κ2) is 7.16. The standard InChI is InChI=1S/C14H19ClN2O2.ClH/c1-19-12-6-5-10(9-11(12)15)17-13(18)14(16)7-3-2-4-8-14;/h5-6,9H,2-4,7-8,16H2,1H3,(H,17,18);1H. The first-order valence-corrected chi connectivity index (χ1v) is 6.87. The summed E-state index contributed by atoms with van der Waals surface area (Å²) in [5.41, 5.74) is 6.07. The molecule has 3 N–H and O–H groups in total. The molecule has 0 unspecified atom stereocenters. The number of hydrogen-bond donors (Lipinski definition) is 2. The largest absolute Gasteiger partial charge is 0.495 e. The quantitative estimate of drug-likeness (QED) is 0.898. The van der Waals surface area contributed by atoms with Crippen molar-refractivity contribution < 1.29 is 9.53 Å². The van der Waals surface area contributed by atoms with Gasteiger partial charge in [0, 0.05) is 5.69 Å². The van der Waals surface area contributed by atoms with E-state index >= 15 is 0 Å². The molecule has 20 heavy (non-hydrogen) atoms. The van der Waals surface area contributed by atoms with E-state index in [1.54, 1.807) is 25.3 Å². The fraction of sp³-hybridized carbons (Fsp3) is 0.500. The Balaban J connectivity index is 0.00000200. The molecule has 0 aromatic heterocycles. The van der Waals surface area contributed by atoms with Gasteiger partial charge in [-0.2, -0.15) is 0 Å². The van der Waals surface area contributed by atoms with E-state index in [9.17, 15) is 4.79 Å². The molecule has 112 valence electrons. The molecule has 1 aliphatic carbocycles. The van der Waals surface area contributed by atoms with Crippen molar-refractivity contribution in [3.05, 3.63) is 23.2 Å². The van der Waals surface area contributed by atoms with Crippen LogP contribution < -0.4 is 15.8 Å². The molecule has 0 aliphatic heterocycles. The highest BCUT2D eigenvalue weighted by Crippen LogP contribution is 2.30. The lowest BCUT2D eigenvalue weighted by atomic mass is 9.82. The summed E-state index contributed by atoms with van der Waals surface area (Å²) in [5.74, 6) is 0.452. The van der Waals surface area contributed by atoms with Gasteiger partial charge in [-0.15, -0.1) is 12.4 Å². The van der Waals surface area contributed by atoms with Crippen LogP contribution in [0.4, 0.5) is 5.69 Å². The van der Waals surface area contributed by atoms with Crippen LogP contribution in [0.3, 0.4) is 0 Å². The number of methoxy groups -OCH3 is 1. The number of carbonyl (C=O) groups is 1. The van der Waals surface area contributed by atoms with Gasteiger partial charge in [0.2, 0.25) is 5.91 Å². The van der Waals surface area contributed by atoms with E-state index in [-0.39, 0.29) is 18.3 Å². The summed E-state index contributed by atoms with van der Waals surface area (Å²) in [6.07, 6.45) is 4.65. The minimum atomic E-state index is -0.745. The van der Waals surface area contributed by atoms with Crippen molar-refractivity contribution in [2.75, 3.05) is 12.4 Å². The lowest BCUT2D eigenvalue weighted by Gasteiger charge is -2.31. The van der Waals surface area contributed by atoms with Crippen molar-refractivity contribution in [1.29, 1.82) is 0 Å². The second-order valence-corrected chi connectivity index (χ2v) is 5.43. The third kappa shape index (κ3) is 3.78. The molecule has 1 amide bonds. The van der Waals surface area contributed by atoms with Gasteiger partial charge in [0.15, 0.2) is 0 Å². The Hall–Kier alpha value is -0.970. The first-order chi connectivity index (χ1) is 9.05. The predicted molar refractivity (Wildman–Crippen MR) is 83.9 cm³/mol. The van der Waals surface area contributed by atoms with Gasteiger partial charge in [-0.1, -0.05) is 30.9 Å². The molecule has 6 heteroatoms. The predicted octanol–water partition coefficient (Wildman–Crippen LogP) is 3.37. The maximum atomic E-state index is 12.2. The van der Waals surface area contributed by atoms with Gasteiger partial charge in [0.25, 0.3) is 0 Å². The zero-order chi connectivity index (χ0) is 13.9. The van der Waals surface area contributed by atoms with Crippen LogP contribution >= 0.6 is 24.0 Å². The van der Waals surface area contributed by atoms with Gasteiger partial charge in [0.1, 0.15) is 5.75 Å². The molecule has 0 heterocycles. The van der Waals surface area contributed by atoms with Crippen LogP contribution in [0.2, 0.25) is 5.02 Å². The smallest absolute Gasteiger partial charge is 0.244 e. The average molecular weight is 319 g/mol. The second-order valence-electron chi connectivity index (χ2n) is 5.02. The summed E-state index contributed by atoms with van der Waals surface area (Å²) < 4.78 is 5.07. The summed E-state index contributed by atoms with van der Waals surface area (Å²) in [5, 5.41) is 3.31. The Morgan fingerprint density at radius 2 is 2.00 bits per heavy atom. The van der Waals surface area contributed by atoms with Crippen molar-refractivity contribution in [3.63, 3.8) is 0 Å².